The summed E-state index contributed by atoms with van der Waals surface area (Å²) in [6.07, 6.45) is 0. The van der Waals surface area contributed by atoms with Crippen molar-refractivity contribution in [3.8, 4) is 45.5 Å². The third-order valence-corrected chi connectivity index (χ3v) is 12.1. The minimum absolute atomic E-state index is 0.257. The fourth-order valence-electron chi connectivity index (χ4n) is 7.56. The van der Waals surface area contributed by atoms with Crippen LogP contribution in [0.15, 0.2) is 168 Å². The fraction of sp³-hybridized carbons (Fsp3) is 0.0652. The highest BCUT2D eigenvalue weighted by molar-refractivity contribution is 7.91. The molecule has 0 fully saturated rings. The molecule has 5 nitrogen and oxygen atoms in total. The summed E-state index contributed by atoms with van der Waals surface area (Å²) in [5, 5.41) is 11.8. The molecule has 9 rings (SSSR count). The van der Waals surface area contributed by atoms with Gasteiger partial charge in [-0.15, -0.1) is 0 Å². The van der Waals surface area contributed by atoms with E-state index in [1.165, 1.54) is 0 Å². The highest BCUT2D eigenvalue weighted by Crippen LogP contribution is 2.50. The first kappa shape index (κ1) is 31.6. The van der Waals surface area contributed by atoms with Gasteiger partial charge in [-0.2, -0.15) is 5.26 Å². The molecule has 0 radical (unpaired) electrons. The lowest BCUT2D eigenvalue weighted by Gasteiger charge is -2.35. The first-order valence-corrected chi connectivity index (χ1v) is 18.6. The Kier molecular flexibility index (Phi) is 7.18. The highest BCUT2D eigenvalue weighted by atomic mass is 32.2. The van der Waals surface area contributed by atoms with Crippen LogP contribution in [0.25, 0.3) is 49.7 Å². The predicted molar refractivity (Wildman–Crippen MR) is 207 cm³/mol. The SMILES string of the molecule is CC1(C)c2ccc(-c3ccc(S(=O)(=O)c4ccccc4)cc3)cc2Oc2cc(-c3ccc4c(c3)c3cc(C#N)ccc3n4-c3ccccc3)ccc21. The van der Waals surface area contributed by atoms with Crippen molar-refractivity contribution < 1.29 is 13.2 Å². The van der Waals surface area contributed by atoms with Gasteiger partial charge in [0.25, 0.3) is 0 Å². The number of fused-ring (bicyclic) bond motifs is 5. The average molecular weight is 693 g/mol. The number of ether oxygens (including phenoxy) is 1. The lowest BCUT2D eigenvalue weighted by atomic mass is 9.75. The molecule has 1 aliphatic heterocycles. The highest BCUT2D eigenvalue weighted by Gasteiger charge is 2.34. The summed E-state index contributed by atoms with van der Waals surface area (Å²) in [5.74, 6) is 1.58. The van der Waals surface area contributed by atoms with Crippen LogP contribution >= 0.6 is 0 Å². The molecule has 0 saturated heterocycles. The summed E-state index contributed by atoms with van der Waals surface area (Å²) >= 11 is 0. The number of hydrogen-bond acceptors (Lipinski definition) is 4. The lowest BCUT2D eigenvalue weighted by Crippen LogP contribution is -2.24. The largest absolute Gasteiger partial charge is 0.457 e. The number of aromatic nitrogens is 1. The van der Waals surface area contributed by atoms with Crippen molar-refractivity contribution in [1.29, 1.82) is 5.26 Å². The van der Waals surface area contributed by atoms with Crippen molar-refractivity contribution in [2.75, 3.05) is 0 Å². The van der Waals surface area contributed by atoms with Gasteiger partial charge in [-0.25, -0.2) is 8.42 Å². The zero-order chi connectivity index (χ0) is 35.6. The van der Waals surface area contributed by atoms with Crippen LogP contribution in [0.1, 0.15) is 30.5 Å². The number of rotatable bonds is 5. The van der Waals surface area contributed by atoms with Crippen molar-refractivity contribution in [1.82, 2.24) is 4.57 Å². The fourth-order valence-corrected chi connectivity index (χ4v) is 8.84. The normalized spacial score (nSPS) is 13.2. The van der Waals surface area contributed by atoms with Crippen LogP contribution in [-0.2, 0) is 15.3 Å². The molecule has 0 spiro atoms. The van der Waals surface area contributed by atoms with Gasteiger partial charge in [0, 0.05) is 33.0 Å². The summed E-state index contributed by atoms with van der Waals surface area (Å²) in [6, 6.07) is 53.2. The smallest absolute Gasteiger partial charge is 0.206 e. The minimum atomic E-state index is -3.61. The molecule has 0 bridgehead atoms. The van der Waals surface area contributed by atoms with E-state index >= 15 is 0 Å². The Morgan fingerprint density at radius 3 is 1.69 bits per heavy atom. The van der Waals surface area contributed by atoms with E-state index < -0.39 is 9.84 Å². The molecule has 0 unspecified atom stereocenters. The summed E-state index contributed by atoms with van der Waals surface area (Å²) in [5.41, 5.74) is 9.61. The predicted octanol–water partition coefficient (Wildman–Crippen LogP) is 11.3. The van der Waals surface area contributed by atoms with E-state index in [1.54, 1.807) is 42.5 Å². The molecule has 6 heteroatoms. The van der Waals surface area contributed by atoms with Gasteiger partial charge in [-0.1, -0.05) is 92.7 Å². The Morgan fingerprint density at radius 1 is 0.558 bits per heavy atom. The van der Waals surface area contributed by atoms with Crippen molar-refractivity contribution in [2.24, 2.45) is 0 Å². The molecule has 1 aromatic heterocycles. The molecule has 0 saturated carbocycles. The maximum absolute atomic E-state index is 13.2. The van der Waals surface area contributed by atoms with Gasteiger partial charge < -0.3 is 9.30 Å². The second kappa shape index (κ2) is 11.8. The summed E-state index contributed by atoms with van der Waals surface area (Å²) in [4.78, 5) is 0.532. The molecule has 52 heavy (non-hydrogen) atoms. The Hall–Kier alpha value is -6.42. The second-order valence-corrected chi connectivity index (χ2v) is 15.7. The van der Waals surface area contributed by atoms with E-state index in [9.17, 15) is 13.7 Å². The number of nitrogens with zero attached hydrogens (tertiary/aromatic N) is 2. The van der Waals surface area contributed by atoms with E-state index in [-0.39, 0.29) is 15.2 Å². The Labute approximate surface area is 302 Å². The molecule has 7 aromatic carbocycles. The molecule has 0 aliphatic carbocycles. The van der Waals surface area contributed by atoms with Gasteiger partial charge in [0.05, 0.1) is 32.5 Å². The quantitative estimate of drug-likeness (QED) is 0.180. The van der Waals surface area contributed by atoms with Crippen LogP contribution in [0.5, 0.6) is 11.5 Å². The molecule has 0 atom stereocenters. The second-order valence-electron chi connectivity index (χ2n) is 13.7. The first-order chi connectivity index (χ1) is 25.2. The first-order valence-electron chi connectivity index (χ1n) is 17.1. The van der Waals surface area contributed by atoms with Crippen LogP contribution in [0.2, 0.25) is 0 Å². The van der Waals surface area contributed by atoms with Gasteiger partial charge in [-0.3, -0.25) is 0 Å². The Balaban J connectivity index is 1.09. The van der Waals surface area contributed by atoms with Crippen molar-refractivity contribution in [3.63, 3.8) is 0 Å². The van der Waals surface area contributed by atoms with Gasteiger partial charge in [0.2, 0.25) is 9.84 Å². The van der Waals surface area contributed by atoms with Crippen LogP contribution in [0.4, 0.5) is 0 Å². The third-order valence-electron chi connectivity index (χ3n) is 10.3. The molecule has 0 N–H and O–H groups in total. The zero-order valence-electron chi connectivity index (χ0n) is 28.5. The van der Waals surface area contributed by atoms with Crippen LogP contribution < -0.4 is 4.74 Å². The monoisotopic (exact) mass is 692 g/mol. The maximum atomic E-state index is 13.2. The zero-order valence-corrected chi connectivity index (χ0v) is 29.4. The minimum Gasteiger partial charge on any atom is -0.457 e. The van der Waals surface area contributed by atoms with Crippen LogP contribution in [0, 0.1) is 11.3 Å². The van der Waals surface area contributed by atoms with Gasteiger partial charge in [0.15, 0.2) is 0 Å². The summed E-state index contributed by atoms with van der Waals surface area (Å²) in [7, 11) is -3.61. The molecule has 2 heterocycles. The number of benzene rings is 7. The standard InChI is InChI=1S/C46H32N2O3S/c1-46(2)40-21-16-33(31-14-19-37(20-15-31)52(49,50)36-11-7-4-8-12-36)27-44(40)51-45-28-34(17-22-41(45)46)32-18-24-43-39(26-32)38-25-30(29-47)13-23-42(38)48(43)35-9-5-3-6-10-35/h3-28H,1-2H3. The van der Waals surface area contributed by atoms with Crippen molar-refractivity contribution >= 4 is 31.6 Å². The molecule has 8 aromatic rings. The number of sulfone groups is 1. The number of para-hydroxylation sites is 1. The lowest BCUT2D eigenvalue weighted by molar-refractivity contribution is 0.418. The van der Waals surface area contributed by atoms with Crippen LogP contribution in [0.3, 0.4) is 0 Å². The average Bonchev–Trinajstić information content (AvgIpc) is 3.51. The van der Waals surface area contributed by atoms with E-state index in [0.29, 0.717) is 5.56 Å². The Morgan fingerprint density at radius 2 is 1.06 bits per heavy atom. The summed E-state index contributed by atoms with van der Waals surface area (Å²) < 4.78 is 35.3. The molecule has 0 amide bonds. The number of hydrogen-bond donors (Lipinski definition) is 0. The molecular weight excluding hydrogens is 661 g/mol. The van der Waals surface area contributed by atoms with Crippen LogP contribution in [-0.4, -0.2) is 13.0 Å². The van der Waals surface area contributed by atoms with E-state index in [2.05, 4.69) is 85.1 Å². The Bertz CT molecular complexity index is 2850. The third kappa shape index (κ3) is 5.01. The van der Waals surface area contributed by atoms with E-state index in [0.717, 1.165) is 72.4 Å². The van der Waals surface area contributed by atoms with Gasteiger partial charge in [-0.05, 0) is 101 Å². The summed E-state index contributed by atoms with van der Waals surface area (Å²) in [6.45, 7) is 4.43. The van der Waals surface area contributed by atoms with Crippen molar-refractivity contribution in [3.05, 3.63) is 174 Å². The van der Waals surface area contributed by atoms with Gasteiger partial charge in [0.1, 0.15) is 11.5 Å². The van der Waals surface area contributed by atoms with E-state index in [4.69, 9.17) is 4.74 Å². The molecule has 1 aliphatic rings. The molecule has 250 valence electrons. The molecular formula is C46H32N2O3S. The number of nitriles is 1. The van der Waals surface area contributed by atoms with E-state index in [1.807, 2.05) is 54.6 Å². The van der Waals surface area contributed by atoms with Gasteiger partial charge >= 0.3 is 0 Å². The maximum Gasteiger partial charge on any atom is 0.206 e. The topological polar surface area (TPSA) is 72.1 Å². The van der Waals surface area contributed by atoms with Crippen molar-refractivity contribution in [2.45, 2.75) is 29.1 Å².